The minimum absolute atomic E-state index is 0.176. The lowest BCUT2D eigenvalue weighted by molar-refractivity contribution is -0.122. The number of carbonyl (C=O) groups excluding carboxylic acids is 1. The highest BCUT2D eigenvalue weighted by atomic mass is 32.2. The Balaban J connectivity index is 1.60. The molecule has 0 atom stereocenters. The summed E-state index contributed by atoms with van der Waals surface area (Å²) < 4.78 is 32.5. The maximum Gasteiger partial charge on any atom is 0.266 e. The summed E-state index contributed by atoms with van der Waals surface area (Å²) in [6, 6.07) is 3.28. The predicted molar refractivity (Wildman–Crippen MR) is 98.1 cm³/mol. The molecule has 25 heavy (non-hydrogen) atoms. The van der Waals surface area contributed by atoms with Gasteiger partial charge in [0.25, 0.3) is 5.91 Å². The van der Waals surface area contributed by atoms with Gasteiger partial charge in [-0.1, -0.05) is 24.0 Å². The lowest BCUT2D eigenvalue weighted by Gasteiger charge is -2.27. The van der Waals surface area contributed by atoms with Gasteiger partial charge in [-0.2, -0.15) is 0 Å². The zero-order chi connectivity index (χ0) is 17.8. The number of amides is 1. The molecule has 1 aromatic carbocycles. The Morgan fingerprint density at radius 3 is 2.72 bits per heavy atom. The van der Waals surface area contributed by atoms with Crippen molar-refractivity contribution in [3.8, 4) is 0 Å². The summed E-state index contributed by atoms with van der Waals surface area (Å²) in [7, 11) is 0. The molecule has 2 aliphatic rings. The molecule has 0 aromatic heterocycles. The Morgan fingerprint density at radius 1 is 1.24 bits per heavy atom. The fraction of sp³-hybridized carbons (Fsp3) is 0.412. The monoisotopic (exact) mass is 384 g/mol. The van der Waals surface area contributed by atoms with Crippen molar-refractivity contribution in [3.05, 3.63) is 40.3 Å². The zero-order valence-corrected chi connectivity index (χ0v) is 15.2. The molecular formula is C17H18F2N2O2S2. The molecule has 0 unspecified atom stereocenters. The molecule has 2 saturated heterocycles. The summed E-state index contributed by atoms with van der Waals surface area (Å²) in [5.74, 6) is -1.57. The second kappa shape index (κ2) is 8.35. The number of thioether (sulfide) groups is 1. The molecule has 0 spiro atoms. The van der Waals surface area contributed by atoms with Gasteiger partial charge in [0.05, 0.1) is 18.1 Å². The summed E-state index contributed by atoms with van der Waals surface area (Å²) in [6.07, 6.45) is 2.24. The molecule has 1 aromatic rings. The van der Waals surface area contributed by atoms with Gasteiger partial charge in [-0.3, -0.25) is 14.6 Å². The SMILES string of the molecule is O=C1/C(=C/c2ccc(F)cc2F)SC(=S)N1CCCN1CCOCC1. The van der Waals surface area contributed by atoms with Crippen molar-refractivity contribution < 1.29 is 18.3 Å². The van der Waals surface area contributed by atoms with Crippen LogP contribution in [0, 0.1) is 11.6 Å². The van der Waals surface area contributed by atoms with Crippen LogP contribution in [-0.4, -0.2) is 59.4 Å². The van der Waals surface area contributed by atoms with E-state index in [1.54, 1.807) is 4.90 Å². The van der Waals surface area contributed by atoms with Crippen LogP contribution in [0.3, 0.4) is 0 Å². The van der Waals surface area contributed by atoms with Crippen molar-refractivity contribution >= 4 is 40.3 Å². The molecule has 8 heteroatoms. The number of morpholine rings is 1. The van der Waals surface area contributed by atoms with Gasteiger partial charge in [0.1, 0.15) is 16.0 Å². The number of ether oxygens (including phenoxy) is 1. The van der Waals surface area contributed by atoms with Gasteiger partial charge in [0.2, 0.25) is 0 Å². The highest BCUT2D eigenvalue weighted by molar-refractivity contribution is 8.26. The van der Waals surface area contributed by atoms with Gasteiger partial charge in [-0.05, 0) is 24.6 Å². The van der Waals surface area contributed by atoms with E-state index in [1.807, 2.05) is 0 Å². The number of thiocarbonyl (C=S) groups is 1. The Morgan fingerprint density at radius 2 is 2.00 bits per heavy atom. The van der Waals surface area contributed by atoms with E-state index in [-0.39, 0.29) is 11.5 Å². The van der Waals surface area contributed by atoms with E-state index in [0.717, 1.165) is 63.2 Å². The van der Waals surface area contributed by atoms with E-state index in [0.29, 0.717) is 15.8 Å². The Kier molecular flexibility index (Phi) is 6.16. The predicted octanol–water partition coefficient (Wildman–Crippen LogP) is 2.89. The van der Waals surface area contributed by atoms with Crippen LogP contribution in [0.1, 0.15) is 12.0 Å². The molecule has 134 valence electrons. The molecular weight excluding hydrogens is 366 g/mol. The second-order valence-corrected chi connectivity index (χ2v) is 7.48. The molecule has 0 N–H and O–H groups in total. The second-order valence-electron chi connectivity index (χ2n) is 5.81. The van der Waals surface area contributed by atoms with Crippen LogP contribution >= 0.6 is 24.0 Å². The summed E-state index contributed by atoms with van der Waals surface area (Å²) in [5, 5.41) is 0. The summed E-state index contributed by atoms with van der Waals surface area (Å²) >= 11 is 6.42. The van der Waals surface area contributed by atoms with Crippen LogP contribution in [0.4, 0.5) is 8.78 Å². The molecule has 1 amide bonds. The lowest BCUT2D eigenvalue weighted by Crippen LogP contribution is -2.38. The minimum Gasteiger partial charge on any atom is -0.379 e. The van der Waals surface area contributed by atoms with Gasteiger partial charge in [-0.25, -0.2) is 8.78 Å². The van der Waals surface area contributed by atoms with Crippen molar-refractivity contribution in [3.63, 3.8) is 0 Å². The smallest absolute Gasteiger partial charge is 0.266 e. The quantitative estimate of drug-likeness (QED) is 0.576. The average Bonchev–Trinajstić information content (AvgIpc) is 2.86. The Bertz CT molecular complexity index is 706. The van der Waals surface area contributed by atoms with Crippen LogP contribution < -0.4 is 0 Å². The van der Waals surface area contributed by atoms with Crippen molar-refractivity contribution in [2.45, 2.75) is 6.42 Å². The summed E-state index contributed by atoms with van der Waals surface area (Å²) in [4.78, 5) is 16.7. The maximum atomic E-state index is 13.8. The highest BCUT2D eigenvalue weighted by Gasteiger charge is 2.31. The third kappa shape index (κ3) is 4.63. The molecule has 0 aliphatic carbocycles. The standard InChI is InChI=1S/C17H18F2N2O2S2/c18-13-3-2-12(14(19)11-13)10-15-16(22)21(17(24)25-15)5-1-4-20-6-8-23-9-7-20/h2-3,10-11H,1,4-9H2/b15-10-. The Hall–Kier alpha value is -1.35. The van der Waals surface area contributed by atoms with Gasteiger partial charge >= 0.3 is 0 Å². The van der Waals surface area contributed by atoms with E-state index in [1.165, 1.54) is 12.1 Å². The fourth-order valence-electron chi connectivity index (χ4n) is 2.73. The van der Waals surface area contributed by atoms with Gasteiger partial charge < -0.3 is 4.74 Å². The van der Waals surface area contributed by atoms with E-state index in [2.05, 4.69) is 4.90 Å². The third-order valence-electron chi connectivity index (χ3n) is 4.08. The Labute approximate surface area is 154 Å². The van der Waals surface area contributed by atoms with Crippen LogP contribution in [0.5, 0.6) is 0 Å². The zero-order valence-electron chi connectivity index (χ0n) is 13.5. The maximum absolute atomic E-state index is 13.8. The van der Waals surface area contributed by atoms with Gasteiger partial charge in [-0.15, -0.1) is 0 Å². The number of nitrogens with zero attached hydrogens (tertiary/aromatic N) is 2. The number of hydrogen-bond acceptors (Lipinski definition) is 5. The molecule has 0 saturated carbocycles. The average molecular weight is 384 g/mol. The van der Waals surface area contributed by atoms with Gasteiger partial charge in [0.15, 0.2) is 0 Å². The molecule has 2 fully saturated rings. The molecule has 4 nitrogen and oxygen atoms in total. The molecule has 2 aliphatic heterocycles. The lowest BCUT2D eigenvalue weighted by atomic mass is 10.2. The first kappa shape index (κ1) is 18.4. The molecule has 0 bridgehead atoms. The molecule has 3 rings (SSSR count). The first-order chi connectivity index (χ1) is 12.0. The van der Waals surface area contributed by atoms with Crippen molar-refractivity contribution in [2.75, 3.05) is 39.4 Å². The van der Waals surface area contributed by atoms with Gasteiger partial charge in [0, 0.05) is 37.8 Å². The van der Waals surface area contributed by atoms with E-state index in [4.69, 9.17) is 17.0 Å². The summed E-state index contributed by atoms with van der Waals surface area (Å²) in [6.45, 7) is 4.71. The van der Waals surface area contributed by atoms with Crippen LogP contribution in [0.2, 0.25) is 0 Å². The fourth-order valence-corrected chi connectivity index (χ4v) is 4.03. The number of halogens is 2. The third-order valence-corrected chi connectivity index (χ3v) is 5.46. The van der Waals surface area contributed by atoms with Crippen molar-refractivity contribution in [1.29, 1.82) is 0 Å². The van der Waals surface area contributed by atoms with Crippen molar-refractivity contribution in [1.82, 2.24) is 9.80 Å². The number of hydrogen-bond donors (Lipinski definition) is 0. The number of rotatable bonds is 5. The van der Waals surface area contributed by atoms with E-state index < -0.39 is 11.6 Å². The molecule has 0 radical (unpaired) electrons. The summed E-state index contributed by atoms with van der Waals surface area (Å²) in [5.41, 5.74) is 0.176. The normalized spacial score (nSPS) is 20.7. The van der Waals surface area contributed by atoms with Crippen LogP contribution in [0.25, 0.3) is 6.08 Å². The minimum atomic E-state index is -0.697. The van der Waals surface area contributed by atoms with Crippen LogP contribution in [-0.2, 0) is 9.53 Å². The van der Waals surface area contributed by atoms with E-state index in [9.17, 15) is 13.6 Å². The highest BCUT2D eigenvalue weighted by Crippen LogP contribution is 2.33. The molecule has 2 heterocycles. The number of carbonyl (C=O) groups is 1. The largest absolute Gasteiger partial charge is 0.379 e. The first-order valence-corrected chi connectivity index (χ1v) is 9.27. The topological polar surface area (TPSA) is 32.8 Å². The van der Waals surface area contributed by atoms with E-state index >= 15 is 0 Å². The number of benzene rings is 1. The van der Waals surface area contributed by atoms with Crippen molar-refractivity contribution in [2.24, 2.45) is 0 Å². The first-order valence-electron chi connectivity index (χ1n) is 8.05. The van der Waals surface area contributed by atoms with Crippen LogP contribution in [0.15, 0.2) is 23.1 Å².